The predicted molar refractivity (Wildman–Crippen MR) is 63.9 cm³/mol. The third kappa shape index (κ3) is 4.16. The molecule has 0 fully saturated rings. The van der Waals surface area contributed by atoms with Gasteiger partial charge in [0, 0.05) is 0 Å². The van der Waals surface area contributed by atoms with Crippen LogP contribution in [0.3, 0.4) is 0 Å². The van der Waals surface area contributed by atoms with E-state index in [1.54, 1.807) is 13.8 Å². The lowest BCUT2D eigenvalue weighted by Gasteiger charge is -2.24. The van der Waals surface area contributed by atoms with Crippen molar-refractivity contribution in [2.45, 2.75) is 47.1 Å². The highest BCUT2D eigenvalue weighted by molar-refractivity contribution is 7.80. The van der Waals surface area contributed by atoms with Gasteiger partial charge in [-0.25, -0.2) is 0 Å². The van der Waals surface area contributed by atoms with Crippen LogP contribution >= 0.6 is 12.2 Å². The van der Waals surface area contributed by atoms with E-state index in [9.17, 15) is 4.79 Å². The molecule has 0 aliphatic rings. The summed E-state index contributed by atoms with van der Waals surface area (Å²) in [6, 6.07) is 0. The van der Waals surface area contributed by atoms with Crippen LogP contribution in [-0.4, -0.2) is 23.7 Å². The highest BCUT2D eigenvalue weighted by Crippen LogP contribution is 2.22. The monoisotopic (exact) mass is 232 g/mol. The Balaban J connectivity index is 4.44. The number of esters is 1. The van der Waals surface area contributed by atoms with Gasteiger partial charge < -0.3 is 9.47 Å². The van der Waals surface area contributed by atoms with Gasteiger partial charge in [0.1, 0.15) is 5.41 Å². The van der Waals surface area contributed by atoms with Crippen molar-refractivity contribution < 1.29 is 14.3 Å². The first-order valence-corrected chi connectivity index (χ1v) is 5.65. The summed E-state index contributed by atoms with van der Waals surface area (Å²) < 4.78 is 10.4. The number of ether oxygens (including phenoxy) is 2. The molecule has 4 heteroatoms. The summed E-state index contributed by atoms with van der Waals surface area (Å²) in [4.78, 5) is 11.8. The third-order valence-electron chi connectivity index (χ3n) is 2.18. The zero-order chi connectivity index (χ0) is 12.1. The van der Waals surface area contributed by atoms with Crippen LogP contribution in [0.5, 0.6) is 0 Å². The smallest absolute Gasteiger partial charge is 0.320 e. The van der Waals surface area contributed by atoms with Gasteiger partial charge in [-0.15, -0.1) is 0 Å². The Morgan fingerprint density at radius 1 is 1.40 bits per heavy atom. The number of thiocarbonyl (C=S) groups is 1. The van der Waals surface area contributed by atoms with Crippen LogP contribution in [0.1, 0.15) is 41.0 Å². The van der Waals surface area contributed by atoms with Gasteiger partial charge in [-0.1, -0.05) is 6.92 Å². The molecule has 88 valence electrons. The van der Waals surface area contributed by atoms with Gasteiger partial charge >= 0.3 is 5.97 Å². The summed E-state index contributed by atoms with van der Waals surface area (Å²) >= 11 is 5.03. The Hall–Kier alpha value is -0.640. The largest absolute Gasteiger partial charge is 0.486 e. The lowest BCUT2D eigenvalue weighted by atomic mass is 9.95. The van der Waals surface area contributed by atoms with Gasteiger partial charge in [0.25, 0.3) is 0 Å². The normalized spacial score (nSPS) is 13.1. The highest BCUT2D eigenvalue weighted by Gasteiger charge is 2.36. The number of carbonyl (C=O) groups excluding carboxylic acids is 1. The van der Waals surface area contributed by atoms with Crippen molar-refractivity contribution in [1.82, 2.24) is 0 Å². The second-order valence-electron chi connectivity index (χ2n) is 3.97. The summed E-state index contributed by atoms with van der Waals surface area (Å²) in [5.41, 5.74) is -0.852. The number of rotatable bonds is 5. The second-order valence-corrected chi connectivity index (χ2v) is 4.34. The van der Waals surface area contributed by atoms with E-state index in [0.29, 0.717) is 11.7 Å². The van der Waals surface area contributed by atoms with E-state index in [2.05, 4.69) is 0 Å². The molecule has 0 aliphatic carbocycles. The van der Waals surface area contributed by atoms with E-state index in [-0.39, 0.29) is 12.1 Å². The molecular weight excluding hydrogens is 212 g/mol. The molecule has 0 rings (SSSR count). The molecule has 0 aliphatic heterocycles. The van der Waals surface area contributed by atoms with Gasteiger partial charge in [0.05, 0.1) is 12.7 Å². The molecular formula is C11H20O3S. The standard InChI is InChI=1S/C11H20O3S/c1-6-8(3)14-9(12)11(4,5)10(15)13-7-2/h8H,6-7H2,1-5H3. The molecule has 1 atom stereocenters. The Labute approximate surface area is 97.1 Å². The zero-order valence-corrected chi connectivity index (χ0v) is 10.9. The van der Waals surface area contributed by atoms with Gasteiger partial charge in [-0.2, -0.15) is 0 Å². The molecule has 0 amide bonds. The SMILES string of the molecule is CCOC(=S)C(C)(C)C(=O)OC(C)CC. The van der Waals surface area contributed by atoms with Crippen LogP contribution in [-0.2, 0) is 14.3 Å². The lowest BCUT2D eigenvalue weighted by Crippen LogP contribution is -2.37. The van der Waals surface area contributed by atoms with Crippen LogP contribution in [0.4, 0.5) is 0 Å². The zero-order valence-electron chi connectivity index (χ0n) is 10.1. The first kappa shape index (κ1) is 14.4. The molecule has 3 nitrogen and oxygen atoms in total. The van der Waals surface area contributed by atoms with Crippen molar-refractivity contribution in [3.63, 3.8) is 0 Å². The van der Waals surface area contributed by atoms with E-state index < -0.39 is 5.41 Å². The topological polar surface area (TPSA) is 35.5 Å². The maximum atomic E-state index is 11.8. The molecule has 0 N–H and O–H groups in total. The van der Waals surface area contributed by atoms with Crippen molar-refractivity contribution in [3.05, 3.63) is 0 Å². The molecule has 0 radical (unpaired) electrons. The number of hydrogen-bond donors (Lipinski definition) is 0. The fourth-order valence-corrected chi connectivity index (χ4v) is 1.01. The van der Waals surface area contributed by atoms with E-state index in [1.165, 1.54) is 0 Å². The van der Waals surface area contributed by atoms with Crippen molar-refractivity contribution >= 4 is 23.2 Å². The molecule has 0 aromatic heterocycles. The summed E-state index contributed by atoms with van der Waals surface area (Å²) in [7, 11) is 0. The summed E-state index contributed by atoms with van der Waals surface area (Å²) in [6.45, 7) is 9.57. The summed E-state index contributed by atoms with van der Waals surface area (Å²) in [5.74, 6) is -0.324. The van der Waals surface area contributed by atoms with Gasteiger partial charge in [-0.05, 0) is 46.3 Å². The molecule has 1 unspecified atom stereocenters. The molecule has 0 aromatic rings. The van der Waals surface area contributed by atoms with Crippen molar-refractivity contribution in [2.75, 3.05) is 6.61 Å². The van der Waals surface area contributed by atoms with Gasteiger partial charge in [0.15, 0.2) is 5.05 Å². The van der Waals surface area contributed by atoms with Crippen molar-refractivity contribution in [2.24, 2.45) is 5.41 Å². The Morgan fingerprint density at radius 3 is 2.33 bits per heavy atom. The molecule has 0 spiro atoms. The Bertz CT molecular complexity index is 236. The van der Waals surface area contributed by atoms with E-state index in [0.717, 1.165) is 6.42 Å². The fourth-order valence-electron chi connectivity index (χ4n) is 0.808. The average molecular weight is 232 g/mol. The van der Waals surface area contributed by atoms with Crippen molar-refractivity contribution in [3.8, 4) is 0 Å². The van der Waals surface area contributed by atoms with Gasteiger partial charge in [-0.3, -0.25) is 4.79 Å². The first-order chi connectivity index (χ1) is 6.86. The third-order valence-corrected chi connectivity index (χ3v) is 2.81. The minimum atomic E-state index is -0.852. The molecule has 0 bridgehead atoms. The Morgan fingerprint density at radius 2 is 1.93 bits per heavy atom. The number of hydrogen-bond acceptors (Lipinski definition) is 4. The maximum absolute atomic E-state index is 11.8. The Kier molecular flexibility index (Phi) is 5.80. The van der Waals surface area contributed by atoms with Crippen LogP contribution in [0.15, 0.2) is 0 Å². The quantitative estimate of drug-likeness (QED) is 0.539. The maximum Gasteiger partial charge on any atom is 0.320 e. The molecule has 0 saturated heterocycles. The minimum Gasteiger partial charge on any atom is -0.486 e. The van der Waals surface area contributed by atoms with Crippen LogP contribution in [0, 0.1) is 5.41 Å². The minimum absolute atomic E-state index is 0.0822. The predicted octanol–water partition coefficient (Wildman–Crippen LogP) is 2.72. The molecule has 0 saturated carbocycles. The van der Waals surface area contributed by atoms with Crippen molar-refractivity contribution in [1.29, 1.82) is 0 Å². The van der Waals surface area contributed by atoms with Crippen LogP contribution in [0.25, 0.3) is 0 Å². The molecule has 0 aromatic carbocycles. The first-order valence-electron chi connectivity index (χ1n) is 5.24. The summed E-state index contributed by atoms with van der Waals surface area (Å²) in [6.07, 6.45) is 0.713. The van der Waals surface area contributed by atoms with Gasteiger partial charge in [0.2, 0.25) is 0 Å². The van der Waals surface area contributed by atoms with E-state index >= 15 is 0 Å². The second kappa shape index (κ2) is 6.05. The van der Waals surface area contributed by atoms with E-state index in [1.807, 2.05) is 20.8 Å². The lowest BCUT2D eigenvalue weighted by molar-refractivity contribution is -0.155. The highest BCUT2D eigenvalue weighted by atomic mass is 32.1. The number of carbonyl (C=O) groups is 1. The van der Waals surface area contributed by atoms with Crippen LogP contribution in [0.2, 0.25) is 0 Å². The van der Waals surface area contributed by atoms with E-state index in [4.69, 9.17) is 21.7 Å². The fraction of sp³-hybridized carbons (Fsp3) is 0.818. The molecule has 15 heavy (non-hydrogen) atoms. The summed E-state index contributed by atoms with van der Waals surface area (Å²) in [5, 5.41) is 0.290. The average Bonchev–Trinajstić information content (AvgIpc) is 2.17. The molecule has 0 heterocycles. The van der Waals surface area contributed by atoms with Crippen LogP contribution < -0.4 is 0 Å².